The van der Waals surface area contributed by atoms with Crippen molar-refractivity contribution in [2.24, 2.45) is 0 Å². The molecule has 0 aliphatic rings. The third-order valence-electron chi connectivity index (χ3n) is 2.67. The fourth-order valence-electron chi connectivity index (χ4n) is 1.75. The topological polar surface area (TPSA) is 52.6 Å². The number of para-hydroxylation sites is 1. The third-order valence-corrected chi connectivity index (χ3v) is 3.57. The predicted octanol–water partition coefficient (Wildman–Crippen LogP) is 2.46. The van der Waals surface area contributed by atoms with Gasteiger partial charge in [0.25, 0.3) is 0 Å². The maximum atomic E-state index is 5.80. The van der Waals surface area contributed by atoms with Crippen LogP contribution in [0.3, 0.4) is 0 Å². The summed E-state index contributed by atoms with van der Waals surface area (Å²) in [7, 11) is 5.11. The highest BCUT2D eigenvalue weighted by Gasteiger charge is 2.12. The van der Waals surface area contributed by atoms with Crippen LogP contribution in [-0.2, 0) is 13.2 Å². The van der Waals surface area contributed by atoms with Gasteiger partial charge in [0.05, 0.1) is 19.9 Å². The first kappa shape index (κ1) is 14.6. The zero-order valence-electron chi connectivity index (χ0n) is 11.8. The molecule has 0 fully saturated rings. The van der Waals surface area contributed by atoms with E-state index in [0.717, 1.165) is 17.2 Å². The highest BCUT2D eigenvalue weighted by atomic mass is 32.1. The normalized spacial score (nSPS) is 10.3. The van der Waals surface area contributed by atoms with Crippen molar-refractivity contribution in [1.29, 1.82) is 0 Å². The summed E-state index contributed by atoms with van der Waals surface area (Å²) < 4.78 is 16.4. The summed E-state index contributed by atoms with van der Waals surface area (Å²) in [6, 6.07) is 5.54. The van der Waals surface area contributed by atoms with Crippen molar-refractivity contribution in [2.45, 2.75) is 13.2 Å². The Balaban J connectivity index is 2.09. The number of benzene rings is 1. The van der Waals surface area contributed by atoms with Crippen molar-refractivity contribution >= 4 is 11.3 Å². The van der Waals surface area contributed by atoms with Gasteiger partial charge in [-0.25, -0.2) is 4.98 Å². The predicted molar refractivity (Wildman–Crippen MR) is 78.8 cm³/mol. The van der Waals surface area contributed by atoms with Gasteiger partial charge in [-0.2, -0.15) is 0 Å². The quantitative estimate of drug-likeness (QED) is 0.850. The van der Waals surface area contributed by atoms with E-state index in [-0.39, 0.29) is 0 Å². The van der Waals surface area contributed by atoms with E-state index >= 15 is 0 Å². The van der Waals surface area contributed by atoms with Crippen LogP contribution in [-0.4, -0.2) is 26.3 Å². The van der Waals surface area contributed by atoms with Crippen LogP contribution in [0.1, 0.15) is 10.7 Å². The molecule has 6 heteroatoms. The minimum Gasteiger partial charge on any atom is -0.493 e. The average Bonchev–Trinajstić information content (AvgIpc) is 2.92. The molecule has 0 atom stereocenters. The molecule has 108 valence electrons. The third kappa shape index (κ3) is 3.40. The van der Waals surface area contributed by atoms with E-state index in [0.29, 0.717) is 23.9 Å². The van der Waals surface area contributed by atoms with Crippen molar-refractivity contribution < 1.29 is 14.2 Å². The lowest BCUT2D eigenvalue weighted by Crippen LogP contribution is -2.05. The molecule has 2 rings (SSSR count). The van der Waals surface area contributed by atoms with E-state index in [1.54, 1.807) is 25.6 Å². The Bertz CT molecular complexity index is 535. The van der Waals surface area contributed by atoms with Crippen LogP contribution in [0.2, 0.25) is 0 Å². The monoisotopic (exact) mass is 294 g/mol. The lowest BCUT2D eigenvalue weighted by Gasteiger charge is -2.13. The number of aromatic nitrogens is 1. The van der Waals surface area contributed by atoms with Crippen LogP contribution in [0.25, 0.3) is 0 Å². The number of nitrogens with zero attached hydrogens (tertiary/aromatic N) is 1. The first-order valence-electron chi connectivity index (χ1n) is 6.20. The zero-order chi connectivity index (χ0) is 14.4. The fraction of sp³-hybridized carbons (Fsp3) is 0.357. The number of ether oxygens (including phenoxy) is 3. The Hall–Kier alpha value is -1.79. The Labute approximate surface area is 122 Å². The second-order valence-corrected chi connectivity index (χ2v) is 4.99. The molecule has 0 amide bonds. The molecule has 0 unspecified atom stereocenters. The number of thiazole rings is 1. The molecule has 0 spiro atoms. The van der Waals surface area contributed by atoms with Gasteiger partial charge in [-0.05, 0) is 19.2 Å². The van der Waals surface area contributed by atoms with Gasteiger partial charge < -0.3 is 19.5 Å². The standard InChI is InChI=1S/C14H18N2O3S/c1-15-7-13-16-10(9-20-13)8-19-14-11(17-2)5-4-6-12(14)18-3/h4-6,9,15H,7-8H2,1-3H3. The molecule has 20 heavy (non-hydrogen) atoms. The molecule has 0 radical (unpaired) electrons. The lowest BCUT2D eigenvalue weighted by molar-refractivity contribution is 0.263. The Morgan fingerprint density at radius 2 is 1.90 bits per heavy atom. The van der Waals surface area contributed by atoms with Gasteiger partial charge in [-0.1, -0.05) is 6.07 Å². The van der Waals surface area contributed by atoms with Crippen LogP contribution in [0.15, 0.2) is 23.6 Å². The smallest absolute Gasteiger partial charge is 0.203 e. The molecule has 0 bridgehead atoms. The first-order valence-corrected chi connectivity index (χ1v) is 7.08. The van der Waals surface area contributed by atoms with Gasteiger partial charge in [-0.15, -0.1) is 11.3 Å². The number of hydrogen-bond acceptors (Lipinski definition) is 6. The summed E-state index contributed by atoms with van der Waals surface area (Å²) in [6.45, 7) is 1.15. The number of hydrogen-bond donors (Lipinski definition) is 1. The molecule has 1 aromatic carbocycles. The molecule has 0 saturated heterocycles. The van der Waals surface area contributed by atoms with E-state index in [4.69, 9.17) is 14.2 Å². The molecule has 5 nitrogen and oxygen atoms in total. The number of methoxy groups -OCH3 is 2. The van der Waals surface area contributed by atoms with E-state index < -0.39 is 0 Å². The minimum absolute atomic E-state index is 0.386. The van der Waals surface area contributed by atoms with E-state index in [2.05, 4.69) is 10.3 Å². The Morgan fingerprint density at radius 3 is 2.50 bits per heavy atom. The molecular formula is C14H18N2O3S. The van der Waals surface area contributed by atoms with E-state index in [9.17, 15) is 0 Å². The van der Waals surface area contributed by atoms with Crippen LogP contribution in [0.5, 0.6) is 17.2 Å². The SMILES string of the molecule is CNCc1nc(COc2c(OC)cccc2OC)cs1. The summed E-state index contributed by atoms with van der Waals surface area (Å²) in [6.07, 6.45) is 0. The molecular weight excluding hydrogens is 276 g/mol. The summed E-state index contributed by atoms with van der Waals surface area (Å²) >= 11 is 1.61. The molecule has 1 heterocycles. The van der Waals surface area contributed by atoms with Gasteiger partial charge in [0, 0.05) is 11.9 Å². The molecule has 0 saturated carbocycles. The van der Waals surface area contributed by atoms with Gasteiger partial charge in [0.1, 0.15) is 11.6 Å². The van der Waals surface area contributed by atoms with Gasteiger partial charge in [-0.3, -0.25) is 0 Å². The highest BCUT2D eigenvalue weighted by molar-refractivity contribution is 7.09. The van der Waals surface area contributed by atoms with Crippen LogP contribution in [0.4, 0.5) is 0 Å². The maximum absolute atomic E-state index is 5.80. The van der Waals surface area contributed by atoms with Crippen molar-refractivity contribution in [3.05, 3.63) is 34.3 Å². The van der Waals surface area contributed by atoms with Crippen molar-refractivity contribution in [3.63, 3.8) is 0 Å². The summed E-state index contributed by atoms with van der Waals surface area (Å²) in [5.41, 5.74) is 0.896. The summed E-state index contributed by atoms with van der Waals surface area (Å²) in [5.74, 6) is 1.89. The fourth-order valence-corrected chi connectivity index (χ4v) is 2.54. The van der Waals surface area contributed by atoms with Crippen molar-refractivity contribution in [3.8, 4) is 17.2 Å². The molecule has 2 aromatic rings. The largest absolute Gasteiger partial charge is 0.493 e. The second kappa shape index (κ2) is 7.12. The van der Waals surface area contributed by atoms with E-state index in [1.165, 1.54) is 0 Å². The minimum atomic E-state index is 0.386. The Morgan fingerprint density at radius 1 is 1.20 bits per heavy atom. The van der Waals surface area contributed by atoms with Crippen LogP contribution in [0, 0.1) is 0 Å². The molecule has 1 aromatic heterocycles. The van der Waals surface area contributed by atoms with Crippen molar-refractivity contribution in [2.75, 3.05) is 21.3 Å². The number of rotatable bonds is 7. The maximum Gasteiger partial charge on any atom is 0.203 e. The molecule has 1 N–H and O–H groups in total. The van der Waals surface area contributed by atoms with Crippen molar-refractivity contribution in [1.82, 2.24) is 10.3 Å². The Kier molecular flexibility index (Phi) is 5.20. The average molecular weight is 294 g/mol. The second-order valence-electron chi connectivity index (χ2n) is 4.04. The van der Waals surface area contributed by atoms with Gasteiger partial charge in [0.15, 0.2) is 11.5 Å². The van der Waals surface area contributed by atoms with E-state index in [1.807, 2.05) is 30.6 Å². The summed E-state index contributed by atoms with van der Waals surface area (Å²) in [5, 5.41) is 6.11. The lowest BCUT2D eigenvalue weighted by atomic mass is 10.3. The first-order chi connectivity index (χ1) is 9.78. The summed E-state index contributed by atoms with van der Waals surface area (Å²) in [4.78, 5) is 4.48. The highest BCUT2D eigenvalue weighted by Crippen LogP contribution is 2.37. The number of nitrogens with one attached hydrogen (secondary N) is 1. The molecule has 0 aliphatic carbocycles. The molecule has 0 aliphatic heterocycles. The van der Waals surface area contributed by atoms with Gasteiger partial charge in [0.2, 0.25) is 5.75 Å². The van der Waals surface area contributed by atoms with Gasteiger partial charge >= 0.3 is 0 Å². The van der Waals surface area contributed by atoms with Crippen LogP contribution >= 0.6 is 11.3 Å². The zero-order valence-corrected chi connectivity index (χ0v) is 12.6. The van der Waals surface area contributed by atoms with Crippen LogP contribution < -0.4 is 19.5 Å².